The van der Waals surface area contributed by atoms with E-state index >= 15 is 0 Å². The molecule has 1 aromatic rings. The fourth-order valence-corrected chi connectivity index (χ4v) is 2.52. The van der Waals surface area contributed by atoms with Gasteiger partial charge in [0.1, 0.15) is 0 Å². The zero-order valence-electron chi connectivity index (χ0n) is 10.3. The van der Waals surface area contributed by atoms with Crippen LogP contribution in [-0.4, -0.2) is 5.91 Å². The van der Waals surface area contributed by atoms with Crippen LogP contribution in [0.1, 0.15) is 48.2 Å². The van der Waals surface area contributed by atoms with Crippen LogP contribution in [0.4, 0.5) is 0 Å². The van der Waals surface area contributed by atoms with E-state index < -0.39 is 0 Å². The van der Waals surface area contributed by atoms with Gasteiger partial charge in [0, 0.05) is 12.1 Å². The van der Waals surface area contributed by atoms with E-state index in [1.54, 1.807) is 0 Å². The van der Waals surface area contributed by atoms with Crippen LogP contribution in [0.2, 0.25) is 0 Å². The van der Waals surface area contributed by atoms with E-state index in [-0.39, 0.29) is 5.91 Å². The monoisotopic (exact) mass is 227 g/mol. The Bertz CT molecular complexity index is 524. The van der Waals surface area contributed by atoms with Crippen LogP contribution in [-0.2, 0) is 6.54 Å². The average Bonchev–Trinajstić information content (AvgIpc) is 3.13. The predicted octanol–water partition coefficient (Wildman–Crippen LogP) is 3.13. The van der Waals surface area contributed by atoms with Crippen LogP contribution in [0.15, 0.2) is 23.8 Å². The van der Waals surface area contributed by atoms with Gasteiger partial charge in [-0.2, -0.15) is 0 Å². The van der Waals surface area contributed by atoms with Crippen molar-refractivity contribution in [3.63, 3.8) is 0 Å². The van der Waals surface area contributed by atoms with Crippen molar-refractivity contribution < 1.29 is 4.79 Å². The van der Waals surface area contributed by atoms with Crippen LogP contribution >= 0.6 is 0 Å². The number of hydrogen-bond acceptors (Lipinski definition) is 1. The number of benzene rings is 1. The van der Waals surface area contributed by atoms with Gasteiger partial charge in [-0.1, -0.05) is 11.6 Å². The molecule has 0 spiro atoms. The summed E-state index contributed by atoms with van der Waals surface area (Å²) in [5.41, 5.74) is 6.14. The van der Waals surface area contributed by atoms with E-state index in [0.717, 1.165) is 17.0 Å². The zero-order chi connectivity index (χ0) is 12.0. The minimum absolute atomic E-state index is 0.0621. The minimum atomic E-state index is 0.0621. The summed E-state index contributed by atoms with van der Waals surface area (Å²) in [5, 5.41) is 2.86. The number of carbonyl (C=O) groups excluding carboxylic acids is 1. The largest absolute Gasteiger partial charge is 0.348 e. The van der Waals surface area contributed by atoms with E-state index in [9.17, 15) is 4.79 Å². The number of nitrogens with one attached hydrogen (secondary N) is 1. The summed E-state index contributed by atoms with van der Waals surface area (Å²) in [6.07, 6.45) is 2.68. The lowest BCUT2D eigenvalue weighted by Gasteiger charge is -2.08. The van der Waals surface area contributed by atoms with Crippen LogP contribution < -0.4 is 5.32 Å². The van der Waals surface area contributed by atoms with Crippen LogP contribution in [0.5, 0.6) is 0 Å². The van der Waals surface area contributed by atoms with Gasteiger partial charge >= 0.3 is 0 Å². The van der Waals surface area contributed by atoms with Gasteiger partial charge in [0.2, 0.25) is 0 Å². The molecule has 1 fully saturated rings. The third kappa shape index (κ3) is 1.78. The zero-order valence-corrected chi connectivity index (χ0v) is 10.3. The number of allylic oxidation sites excluding steroid dienone is 2. The van der Waals surface area contributed by atoms with Crippen molar-refractivity contribution >= 4 is 11.5 Å². The highest BCUT2D eigenvalue weighted by molar-refractivity contribution is 5.98. The number of rotatable bonds is 2. The molecule has 1 aromatic carbocycles. The lowest BCUT2D eigenvalue weighted by Crippen LogP contribution is -2.12. The molecule has 17 heavy (non-hydrogen) atoms. The maximum Gasteiger partial charge on any atom is 0.251 e. The molecule has 0 radical (unpaired) electrons. The van der Waals surface area contributed by atoms with Crippen molar-refractivity contribution in [1.82, 2.24) is 5.32 Å². The second-order valence-electron chi connectivity index (χ2n) is 5.14. The van der Waals surface area contributed by atoms with Gasteiger partial charge in [-0.25, -0.2) is 0 Å². The van der Waals surface area contributed by atoms with Crippen LogP contribution in [0.3, 0.4) is 0 Å². The first-order valence-electron chi connectivity index (χ1n) is 6.25. The molecule has 2 nitrogen and oxygen atoms in total. The Kier molecular flexibility index (Phi) is 2.32. The molecule has 0 atom stereocenters. The predicted molar refractivity (Wildman–Crippen MR) is 68.6 cm³/mol. The summed E-state index contributed by atoms with van der Waals surface area (Å²) < 4.78 is 0. The summed E-state index contributed by atoms with van der Waals surface area (Å²) >= 11 is 0. The van der Waals surface area contributed by atoms with Gasteiger partial charge in [0.15, 0.2) is 0 Å². The Morgan fingerprint density at radius 3 is 2.76 bits per heavy atom. The smallest absolute Gasteiger partial charge is 0.251 e. The van der Waals surface area contributed by atoms with Crippen molar-refractivity contribution in [3.05, 3.63) is 40.5 Å². The average molecular weight is 227 g/mol. The molecule has 2 heteroatoms. The SMILES string of the molecule is C/C(=C(\C)C1CC1)c1ccc2c(c1)CNC2=O. The molecule has 0 bridgehead atoms. The molecule has 1 heterocycles. The number of amides is 1. The molecule has 1 aliphatic heterocycles. The van der Waals surface area contributed by atoms with Crippen LogP contribution in [0, 0.1) is 5.92 Å². The topological polar surface area (TPSA) is 29.1 Å². The van der Waals surface area contributed by atoms with Crippen LogP contribution in [0.25, 0.3) is 5.57 Å². The Morgan fingerprint density at radius 1 is 1.29 bits per heavy atom. The van der Waals surface area contributed by atoms with Crippen molar-refractivity contribution in [3.8, 4) is 0 Å². The molecule has 3 rings (SSSR count). The first kappa shape index (κ1) is 10.6. The van der Waals surface area contributed by atoms with Gasteiger partial charge in [0.25, 0.3) is 5.91 Å². The lowest BCUT2D eigenvalue weighted by atomic mass is 9.96. The second kappa shape index (κ2) is 3.73. The standard InChI is InChI=1S/C15H17NO/c1-9(11-3-4-11)10(2)12-5-6-14-13(7-12)8-16-15(14)17/h5-7,11H,3-4,8H2,1-2H3,(H,16,17)/b10-9-. The van der Waals surface area contributed by atoms with E-state index in [2.05, 4.69) is 31.3 Å². The molecular weight excluding hydrogens is 210 g/mol. The number of carbonyl (C=O) groups is 1. The van der Waals surface area contributed by atoms with Crippen molar-refractivity contribution in [1.29, 1.82) is 0 Å². The fourth-order valence-electron chi connectivity index (χ4n) is 2.52. The maximum atomic E-state index is 11.5. The summed E-state index contributed by atoms with van der Waals surface area (Å²) in [7, 11) is 0. The van der Waals surface area contributed by atoms with E-state index in [0.29, 0.717) is 6.54 Å². The molecular formula is C15H17NO. The summed E-state index contributed by atoms with van der Waals surface area (Å²) in [6, 6.07) is 6.19. The van der Waals surface area contributed by atoms with Gasteiger partial charge in [-0.05, 0) is 61.4 Å². The maximum absolute atomic E-state index is 11.5. The normalized spacial score (nSPS) is 19.8. The molecule has 1 aliphatic carbocycles. The highest BCUT2D eigenvalue weighted by Crippen LogP contribution is 2.39. The summed E-state index contributed by atoms with van der Waals surface area (Å²) in [4.78, 5) is 11.5. The molecule has 1 saturated carbocycles. The number of hydrogen-bond donors (Lipinski definition) is 1. The van der Waals surface area contributed by atoms with E-state index in [4.69, 9.17) is 0 Å². The second-order valence-corrected chi connectivity index (χ2v) is 5.14. The third-order valence-electron chi connectivity index (χ3n) is 4.00. The first-order chi connectivity index (χ1) is 8.16. The Hall–Kier alpha value is -1.57. The number of fused-ring (bicyclic) bond motifs is 1. The van der Waals surface area contributed by atoms with Crippen molar-refractivity contribution in [2.45, 2.75) is 33.2 Å². The van der Waals surface area contributed by atoms with E-state index in [1.165, 1.54) is 29.6 Å². The molecule has 1 N–H and O–H groups in total. The fraction of sp³-hybridized carbons (Fsp3) is 0.400. The summed E-state index contributed by atoms with van der Waals surface area (Å²) in [5.74, 6) is 0.870. The summed E-state index contributed by atoms with van der Waals surface area (Å²) in [6.45, 7) is 5.11. The quantitative estimate of drug-likeness (QED) is 0.826. The van der Waals surface area contributed by atoms with E-state index in [1.807, 2.05) is 6.07 Å². The first-order valence-corrected chi connectivity index (χ1v) is 6.25. The minimum Gasteiger partial charge on any atom is -0.348 e. The highest BCUT2D eigenvalue weighted by atomic mass is 16.1. The van der Waals surface area contributed by atoms with Gasteiger partial charge in [-0.15, -0.1) is 0 Å². The van der Waals surface area contributed by atoms with Crippen molar-refractivity contribution in [2.24, 2.45) is 5.92 Å². The van der Waals surface area contributed by atoms with Gasteiger partial charge in [0.05, 0.1) is 0 Å². The highest BCUT2D eigenvalue weighted by Gasteiger charge is 2.25. The third-order valence-corrected chi connectivity index (χ3v) is 4.00. The lowest BCUT2D eigenvalue weighted by molar-refractivity contribution is 0.0966. The van der Waals surface area contributed by atoms with Gasteiger partial charge in [-0.3, -0.25) is 4.79 Å². The van der Waals surface area contributed by atoms with Gasteiger partial charge < -0.3 is 5.32 Å². The molecule has 88 valence electrons. The molecule has 0 aromatic heterocycles. The molecule has 1 amide bonds. The molecule has 0 saturated heterocycles. The Morgan fingerprint density at radius 2 is 2.06 bits per heavy atom. The van der Waals surface area contributed by atoms with Crippen molar-refractivity contribution in [2.75, 3.05) is 0 Å². The Labute approximate surface area is 102 Å². The molecule has 2 aliphatic rings. The Balaban J connectivity index is 2.00. The molecule has 0 unspecified atom stereocenters.